The van der Waals surface area contributed by atoms with E-state index in [0.29, 0.717) is 23.8 Å². The number of carbonyl (C=O) groups excluding carboxylic acids is 1. The summed E-state index contributed by atoms with van der Waals surface area (Å²) < 4.78 is 5.13. The molecule has 2 rings (SSSR count). The lowest BCUT2D eigenvalue weighted by Crippen LogP contribution is -2.41. The average molecular weight is 262 g/mol. The number of Topliss-reactive ketones (excluding diaryl/α,β-unsaturated/α-hetero) is 1. The van der Waals surface area contributed by atoms with Crippen molar-refractivity contribution >= 4 is 5.78 Å². The molecule has 0 unspecified atom stereocenters. The molecule has 0 aromatic carbocycles. The highest BCUT2D eigenvalue weighted by atomic mass is 16.5. The molecule has 104 valence electrons. The highest BCUT2D eigenvalue weighted by Gasteiger charge is 2.40. The molecule has 1 aromatic heterocycles. The van der Waals surface area contributed by atoms with Crippen molar-refractivity contribution in [2.45, 2.75) is 32.6 Å². The average Bonchev–Trinajstić information content (AvgIpc) is 2.48. The second-order valence-corrected chi connectivity index (χ2v) is 5.61. The molecule has 0 amide bonds. The lowest BCUT2D eigenvalue weighted by molar-refractivity contribution is 0.0694. The number of nitrogens with two attached hydrogens (primary N) is 1. The van der Waals surface area contributed by atoms with Crippen LogP contribution in [0.25, 0.3) is 0 Å². The van der Waals surface area contributed by atoms with E-state index >= 15 is 0 Å². The van der Waals surface area contributed by atoms with Crippen LogP contribution in [0.4, 0.5) is 0 Å². The molecule has 0 bridgehead atoms. The first-order valence-corrected chi connectivity index (χ1v) is 6.85. The maximum atomic E-state index is 12.8. The highest BCUT2D eigenvalue weighted by molar-refractivity contribution is 6.00. The van der Waals surface area contributed by atoms with E-state index in [1.54, 1.807) is 25.6 Å². The Morgan fingerprint density at radius 3 is 2.74 bits per heavy atom. The number of nitrogens with zero attached hydrogens (tertiary/aromatic N) is 1. The van der Waals surface area contributed by atoms with Crippen LogP contribution < -0.4 is 10.5 Å². The molecular weight excluding hydrogens is 240 g/mol. The van der Waals surface area contributed by atoms with Crippen molar-refractivity contribution in [2.24, 2.45) is 17.1 Å². The molecule has 1 aliphatic rings. The fraction of sp³-hybridized carbons (Fsp3) is 0.600. The van der Waals surface area contributed by atoms with Crippen LogP contribution in [0, 0.1) is 11.3 Å². The van der Waals surface area contributed by atoms with Crippen molar-refractivity contribution in [1.29, 1.82) is 0 Å². The van der Waals surface area contributed by atoms with Gasteiger partial charge in [0.05, 0.1) is 13.3 Å². The smallest absolute Gasteiger partial charge is 0.171 e. The van der Waals surface area contributed by atoms with E-state index < -0.39 is 5.41 Å². The number of carbonyl (C=O) groups is 1. The number of ether oxygens (including phenoxy) is 1. The molecule has 0 aliphatic heterocycles. The lowest BCUT2D eigenvalue weighted by atomic mass is 9.67. The first-order valence-electron chi connectivity index (χ1n) is 6.85. The van der Waals surface area contributed by atoms with Gasteiger partial charge in [0.25, 0.3) is 0 Å². The van der Waals surface area contributed by atoms with Gasteiger partial charge in [0, 0.05) is 23.7 Å². The molecule has 1 heterocycles. The van der Waals surface area contributed by atoms with Gasteiger partial charge in [0.15, 0.2) is 5.78 Å². The van der Waals surface area contributed by atoms with Crippen LogP contribution in [0.15, 0.2) is 18.5 Å². The van der Waals surface area contributed by atoms with E-state index in [9.17, 15) is 4.79 Å². The number of hydrogen-bond acceptors (Lipinski definition) is 4. The minimum Gasteiger partial charge on any atom is -0.495 e. The Kier molecular flexibility index (Phi) is 4.20. The Morgan fingerprint density at radius 1 is 1.47 bits per heavy atom. The first-order chi connectivity index (χ1) is 9.11. The SMILES string of the molecule is COc1cncc(C(=O)C2(CN)CCC(C)CC2)c1. The fourth-order valence-corrected chi connectivity index (χ4v) is 2.80. The topological polar surface area (TPSA) is 65.2 Å². The summed E-state index contributed by atoms with van der Waals surface area (Å²) in [6.45, 7) is 2.65. The maximum absolute atomic E-state index is 12.8. The molecular formula is C15H22N2O2. The third kappa shape index (κ3) is 2.78. The lowest BCUT2D eigenvalue weighted by Gasteiger charge is -2.37. The number of hydrogen-bond donors (Lipinski definition) is 1. The van der Waals surface area contributed by atoms with Crippen LogP contribution >= 0.6 is 0 Å². The van der Waals surface area contributed by atoms with E-state index in [-0.39, 0.29) is 5.78 Å². The molecule has 0 spiro atoms. The zero-order valence-corrected chi connectivity index (χ0v) is 11.7. The van der Waals surface area contributed by atoms with Crippen molar-refractivity contribution in [3.63, 3.8) is 0 Å². The van der Waals surface area contributed by atoms with Crippen LogP contribution in [-0.2, 0) is 0 Å². The first kappa shape index (κ1) is 14.0. The highest BCUT2D eigenvalue weighted by Crippen LogP contribution is 2.40. The summed E-state index contributed by atoms with van der Waals surface area (Å²) in [4.78, 5) is 16.8. The molecule has 4 heteroatoms. The Hall–Kier alpha value is -1.42. The Morgan fingerprint density at radius 2 is 2.16 bits per heavy atom. The van der Waals surface area contributed by atoms with E-state index in [2.05, 4.69) is 11.9 Å². The molecule has 1 saturated carbocycles. The Labute approximate surface area is 114 Å². The molecule has 0 radical (unpaired) electrons. The van der Waals surface area contributed by atoms with Crippen molar-refractivity contribution in [3.05, 3.63) is 24.0 Å². The summed E-state index contributed by atoms with van der Waals surface area (Å²) in [5, 5.41) is 0. The minimum atomic E-state index is -0.402. The molecule has 0 saturated heterocycles. The van der Waals surface area contributed by atoms with Crippen LogP contribution in [-0.4, -0.2) is 24.4 Å². The molecule has 1 aromatic rings. The Bertz CT molecular complexity index is 451. The number of rotatable bonds is 4. The summed E-state index contributed by atoms with van der Waals surface area (Å²) in [5.74, 6) is 1.42. The Balaban J connectivity index is 2.25. The molecule has 0 atom stereocenters. The summed E-state index contributed by atoms with van der Waals surface area (Å²) in [5.41, 5.74) is 6.13. The second-order valence-electron chi connectivity index (χ2n) is 5.61. The van der Waals surface area contributed by atoms with E-state index in [4.69, 9.17) is 10.5 Å². The molecule has 19 heavy (non-hydrogen) atoms. The number of ketones is 1. The van der Waals surface area contributed by atoms with Crippen molar-refractivity contribution in [3.8, 4) is 5.75 Å². The third-order valence-corrected chi connectivity index (χ3v) is 4.31. The predicted octanol–water partition coefficient (Wildman–Crippen LogP) is 2.43. The third-order valence-electron chi connectivity index (χ3n) is 4.31. The molecule has 4 nitrogen and oxygen atoms in total. The van der Waals surface area contributed by atoms with Crippen LogP contribution in [0.1, 0.15) is 43.0 Å². The summed E-state index contributed by atoms with van der Waals surface area (Å²) >= 11 is 0. The number of pyridine rings is 1. The van der Waals surface area contributed by atoms with E-state index in [1.807, 2.05) is 0 Å². The monoisotopic (exact) mass is 262 g/mol. The molecule has 1 fully saturated rings. The van der Waals surface area contributed by atoms with Crippen molar-refractivity contribution in [2.75, 3.05) is 13.7 Å². The number of methoxy groups -OCH3 is 1. The standard InChI is InChI=1S/C15H22N2O2/c1-11-3-5-15(10-16,6-4-11)14(18)12-7-13(19-2)9-17-8-12/h7-9,11H,3-6,10,16H2,1-2H3. The van der Waals surface area contributed by atoms with Crippen molar-refractivity contribution < 1.29 is 9.53 Å². The van der Waals surface area contributed by atoms with E-state index in [0.717, 1.165) is 25.7 Å². The summed E-state index contributed by atoms with van der Waals surface area (Å²) in [7, 11) is 1.58. The maximum Gasteiger partial charge on any atom is 0.171 e. The van der Waals surface area contributed by atoms with Crippen LogP contribution in [0.3, 0.4) is 0 Å². The van der Waals surface area contributed by atoms with Gasteiger partial charge in [-0.15, -0.1) is 0 Å². The van der Waals surface area contributed by atoms with Gasteiger partial charge in [-0.1, -0.05) is 6.92 Å². The minimum absolute atomic E-state index is 0.119. The van der Waals surface area contributed by atoms with Gasteiger partial charge < -0.3 is 10.5 Å². The van der Waals surface area contributed by atoms with Gasteiger partial charge in [0.1, 0.15) is 5.75 Å². The van der Waals surface area contributed by atoms with Crippen LogP contribution in [0.2, 0.25) is 0 Å². The van der Waals surface area contributed by atoms with Gasteiger partial charge >= 0.3 is 0 Å². The van der Waals surface area contributed by atoms with Gasteiger partial charge in [-0.3, -0.25) is 9.78 Å². The van der Waals surface area contributed by atoms with Gasteiger partial charge in [-0.25, -0.2) is 0 Å². The zero-order valence-electron chi connectivity index (χ0n) is 11.7. The van der Waals surface area contributed by atoms with Gasteiger partial charge in [-0.05, 0) is 37.7 Å². The van der Waals surface area contributed by atoms with Crippen molar-refractivity contribution in [1.82, 2.24) is 4.98 Å². The van der Waals surface area contributed by atoms with Gasteiger partial charge in [-0.2, -0.15) is 0 Å². The molecule has 2 N–H and O–H groups in total. The summed E-state index contributed by atoms with van der Waals surface area (Å²) in [6.07, 6.45) is 7.11. The predicted molar refractivity (Wildman–Crippen MR) is 74.2 cm³/mol. The number of aromatic nitrogens is 1. The zero-order chi connectivity index (χ0) is 13.9. The van der Waals surface area contributed by atoms with E-state index in [1.165, 1.54) is 0 Å². The fourth-order valence-electron chi connectivity index (χ4n) is 2.80. The summed E-state index contributed by atoms with van der Waals surface area (Å²) in [6, 6.07) is 1.75. The van der Waals surface area contributed by atoms with Crippen LogP contribution in [0.5, 0.6) is 5.75 Å². The normalized spacial score (nSPS) is 27.0. The largest absolute Gasteiger partial charge is 0.495 e. The second kappa shape index (κ2) is 5.70. The quantitative estimate of drug-likeness (QED) is 0.846. The molecule has 1 aliphatic carbocycles. The van der Waals surface area contributed by atoms with Gasteiger partial charge in [0.2, 0.25) is 0 Å².